The molecule has 0 spiro atoms. The van der Waals surface area contributed by atoms with Gasteiger partial charge in [0.05, 0.1) is 12.2 Å². The van der Waals surface area contributed by atoms with Gasteiger partial charge in [-0.3, -0.25) is 9.78 Å². The van der Waals surface area contributed by atoms with Gasteiger partial charge in [0.2, 0.25) is 5.91 Å². The van der Waals surface area contributed by atoms with Gasteiger partial charge in [0.25, 0.3) is 0 Å². The minimum atomic E-state index is -0.267. The highest BCUT2D eigenvalue weighted by atomic mass is 35.5. The highest BCUT2D eigenvalue weighted by Gasteiger charge is 2.17. The third-order valence-electron chi connectivity index (χ3n) is 3.44. The third kappa shape index (κ3) is 6.57. The smallest absolute Gasteiger partial charge is 0.224 e. The fraction of sp³-hybridized carbons (Fsp3) is 0.294. The summed E-state index contributed by atoms with van der Waals surface area (Å²) in [7, 11) is 0. The van der Waals surface area contributed by atoms with Crippen molar-refractivity contribution in [2.45, 2.75) is 25.9 Å². The summed E-state index contributed by atoms with van der Waals surface area (Å²) < 4.78 is 0. The topological polar surface area (TPSA) is 59.2 Å². The van der Waals surface area contributed by atoms with Crippen molar-refractivity contribution in [3.05, 3.63) is 66.0 Å². The van der Waals surface area contributed by atoms with Crippen LogP contribution in [0.1, 0.15) is 30.6 Å². The molecular weight excluding hydrogens is 333 g/mol. The Kier molecular flexibility index (Phi) is 10.2. The molecule has 1 heterocycles. The molecule has 0 saturated heterocycles. The summed E-state index contributed by atoms with van der Waals surface area (Å²) in [5.41, 5.74) is 7.99. The third-order valence-corrected chi connectivity index (χ3v) is 3.44. The Labute approximate surface area is 149 Å². The lowest BCUT2D eigenvalue weighted by molar-refractivity contribution is -0.132. The molecule has 0 aliphatic heterocycles. The van der Waals surface area contributed by atoms with Crippen LogP contribution in [0.15, 0.2) is 54.7 Å². The van der Waals surface area contributed by atoms with Crippen molar-refractivity contribution >= 4 is 30.7 Å². The summed E-state index contributed by atoms with van der Waals surface area (Å²) in [6, 6.07) is 15.2. The monoisotopic (exact) mass is 355 g/mol. The molecule has 2 N–H and O–H groups in total. The van der Waals surface area contributed by atoms with E-state index in [2.05, 4.69) is 4.98 Å². The lowest BCUT2D eigenvalue weighted by Crippen LogP contribution is -2.33. The Balaban J connectivity index is 0.00000242. The molecule has 1 aromatic heterocycles. The van der Waals surface area contributed by atoms with E-state index < -0.39 is 0 Å². The number of amides is 1. The standard InChI is InChI=1S/C17H21N3O.2ClH/c1-2-20(13-15-10-6-7-11-19-15)17(21)12-16(18)14-8-4-3-5-9-14;;/h3-11,16H,2,12-13,18H2,1H3;2*1H. The molecule has 23 heavy (non-hydrogen) atoms. The van der Waals surface area contributed by atoms with Crippen molar-refractivity contribution in [1.29, 1.82) is 0 Å². The van der Waals surface area contributed by atoms with Crippen molar-refractivity contribution in [3.63, 3.8) is 0 Å². The number of carbonyl (C=O) groups excluding carboxylic acids is 1. The minimum absolute atomic E-state index is 0. The lowest BCUT2D eigenvalue weighted by atomic mass is 10.0. The Hall–Kier alpha value is -1.62. The normalized spacial score (nSPS) is 10.9. The van der Waals surface area contributed by atoms with Gasteiger partial charge in [0, 0.05) is 25.2 Å². The van der Waals surface area contributed by atoms with Crippen LogP contribution in [0.2, 0.25) is 0 Å². The number of carbonyl (C=O) groups is 1. The van der Waals surface area contributed by atoms with E-state index in [0.29, 0.717) is 19.5 Å². The van der Waals surface area contributed by atoms with Crippen LogP contribution in [-0.4, -0.2) is 22.3 Å². The summed E-state index contributed by atoms with van der Waals surface area (Å²) in [6.45, 7) is 3.14. The van der Waals surface area contributed by atoms with Crippen LogP contribution in [0, 0.1) is 0 Å². The molecule has 0 saturated carbocycles. The first-order valence-corrected chi connectivity index (χ1v) is 7.19. The molecule has 1 unspecified atom stereocenters. The first-order valence-electron chi connectivity index (χ1n) is 7.19. The van der Waals surface area contributed by atoms with Crippen LogP contribution >= 0.6 is 24.8 Å². The van der Waals surface area contributed by atoms with Gasteiger partial charge in [-0.15, -0.1) is 24.8 Å². The minimum Gasteiger partial charge on any atom is -0.337 e. The van der Waals surface area contributed by atoms with Crippen LogP contribution in [0.5, 0.6) is 0 Å². The molecule has 0 fully saturated rings. The van der Waals surface area contributed by atoms with E-state index in [1.165, 1.54) is 0 Å². The molecule has 6 heteroatoms. The van der Waals surface area contributed by atoms with E-state index >= 15 is 0 Å². The van der Waals surface area contributed by atoms with Crippen LogP contribution in [0.3, 0.4) is 0 Å². The summed E-state index contributed by atoms with van der Waals surface area (Å²) >= 11 is 0. The van der Waals surface area contributed by atoms with Crippen molar-refractivity contribution < 1.29 is 4.79 Å². The number of hydrogen-bond acceptors (Lipinski definition) is 3. The molecule has 2 aromatic rings. The fourth-order valence-electron chi connectivity index (χ4n) is 2.20. The van der Waals surface area contributed by atoms with E-state index in [-0.39, 0.29) is 36.8 Å². The Bertz CT molecular complexity index is 567. The van der Waals surface area contributed by atoms with Gasteiger partial charge in [-0.1, -0.05) is 36.4 Å². The zero-order valence-corrected chi connectivity index (χ0v) is 14.7. The van der Waals surface area contributed by atoms with E-state index in [9.17, 15) is 4.79 Å². The zero-order valence-electron chi connectivity index (χ0n) is 13.1. The largest absolute Gasteiger partial charge is 0.337 e. The summed E-state index contributed by atoms with van der Waals surface area (Å²) in [5, 5.41) is 0. The van der Waals surface area contributed by atoms with E-state index in [4.69, 9.17) is 5.73 Å². The second-order valence-corrected chi connectivity index (χ2v) is 4.95. The zero-order chi connectivity index (χ0) is 15.1. The van der Waals surface area contributed by atoms with Gasteiger partial charge in [-0.05, 0) is 24.6 Å². The van der Waals surface area contributed by atoms with E-state index in [0.717, 1.165) is 11.3 Å². The number of nitrogens with two attached hydrogens (primary N) is 1. The van der Waals surface area contributed by atoms with E-state index in [1.54, 1.807) is 11.1 Å². The average Bonchev–Trinajstić information content (AvgIpc) is 2.54. The van der Waals surface area contributed by atoms with Crippen molar-refractivity contribution in [3.8, 4) is 0 Å². The molecular formula is C17H23Cl2N3O. The molecule has 1 atom stereocenters. The van der Waals surface area contributed by atoms with Gasteiger partial charge >= 0.3 is 0 Å². The van der Waals surface area contributed by atoms with Crippen molar-refractivity contribution in [1.82, 2.24) is 9.88 Å². The molecule has 1 aromatic carbocycles. The van der Waals surface area contributed by atoms with Gasteiger partial charge in [-0.25, -0.2) is 0 Å². The number of aromatic nitrogens is 1. The lowest BCUT2D eigenvalue weighted by Gasteiger charge is -2.22. The second kappa shape index (κ2) is 11.0. The number of halogens is 2. The molecule has 2 rings (SSSR count). The highest BCUT2D eigenvalue weighted by Crippen LogP contribution is 2.15. The maximum Gasteiger partial charge on any atom is 0.224 e. The van der Waals surface area contributed by atoms with Gasteiger partial charge < -0.3 is 10.6 Å². The number of benzene rings is 1. The maximum atomic E-state index is 12.4. The summed E-state index contributed by atoms with van der Waals surface area (Å²) in [5.74, 6) is 0.0551. The number of rotatable bonds is 6. The fourth-order valence-corrected chi connectivity index (χ4v) is 2.20. The van der Waals surface area contributed by atoms with Crippen molar-refractivity contribution in [2.75, 3.05) is 6.54 Å². The summed E-state index contributed by atoms with van der Waals surface area (Å²) in [6.07, 6.45) is 2.05. The quantitative estimate of drug-likeness (QED) is 0.863. The number of pyridine rings is 1. The van der Waals surface area contributed by atoms with Gasteiger partial charge in [-0.2, -0.15) is 0 Å². The van der Waals surface area contributed by atoms with Crippen LogP contribution in [-0.2, 0) is 11.3 Å². The Morgan fingerprint density at radius 1 is 1.13 bits per heavy atom. The SMILES string of the molecule is CCN(Cc1ccccn1)C(=O)CC(N)c1ccccc1.Cl.Cl. The molecule has 0 radical (unpaired) electrons. The second-order valence-electron chi connectivity index (χ2n) is 4.95. The predicted molar refractivity (Wildman–Crippen MR) is 97.8 cm³/mol. The first-order chi connectivity index (χ1) is 10.2. The summed E-state index contributed by atoms with van der Waals surface area (Å²) in [4.78, 5) is 18.4. The molecule has 126 valence electrons. The molecule has 0 aliphatic carbocycles. The van der Waals surface area contributed by atoms with Crippen LogP contribution in [0.25, 0.3) is 0 Å². The highest BCUT2D eigenvalue weighted by molar-refractivity contribution is 5.85. The van der Waals surface area contributed by atoms with Crippen molar-refractivity contribution in [2.24, 2.45) is 5.73 Å². The molecule has 4 nitrogen and oxygen atoms in total. The average molecular weight is 356 g/mol. The molecule has 0 aliphatic rings. The molecule has 1 amide bonds. The maximum absolute atomic E-state index is 12.4. The number of nitrogens with zero attached hydrogens (tertiary/aromatic N) is 2. The van der Waals surface area contributed by atoms with Gasteiger partial charge in [0.15, 0.2) is 0 Å². The van der Waals surface area contributed by atoms with Gasteiger partial charge in [0.1, 0.15) is 0 Å². The van der Waals surface area contributed by atoms with E-state index in [1.807, 2.05) is 55.5 Å². The Morgan fingerprint density at radius 2 is 1.78 bits per heavy atom. The predicted octanol–water partition coefficient (Wildman–Crippen LogP) is 3.36. The Morgan fingerprint density at radius 3 is 2.35 bits per heavy atom. The molecule has 0 bridgehead atoms. The van der Waals surface area contributed by atoms with Crippen LogP contribution in [0.4, 0.5) is 0 Å². The number of hydrogen-bond donors (Lipinski definition) is 1. The van der Waals surface area contributed by atoms with Crippen LogP contribution < -0.4 is 5.73 Å². The first kappa shape index (κ1) is 21.4.